The molecule has 0 unspecified atom stereocenters. The molecule has 2 heterocycles. The Morgan fingerprint density at radius 1 is 1.29 bits per heavy atom. The number of halogens is 2. The molecule has 1 aliphatic rings. The van der Waals surface area contributed by atoms with Gasteiger partial charge < -0.3 is 9.42 Å². The number of hydrogen-bond donors (Lipinski definition) is 0. The van der Waals surface area contributed by atoms with Crippen LogP contribution in [0.15, 0.2) is 51.5 Å². The van der Waals surface area contributed by atoms with E-state index < -0.39 is 10.7 Å². The van der Waals surface area contributed by atoms with Gasteiger partial charge in [-0.05, 0) is 36.6 Å². The molecule has 1 aromatic heterocycles. The summed E-state index contributed by atoms with van der Waals surface area (Å²) in [5.74, 6) is 0.367. The van der Waals surface area contributed by atoms with Gasteiger partial charge >= 0.3 is 0 Å². The Bertz CT molecular complexity index is 1010. The first-order chi connectivity index (χ1) is 13.5. The lowest BCUT2D eigenvalue weighted by atomic mass is 10.1. The molecule has 0 spiro atoms. The van der Waals surface area contributed by atoms with Gasteiger partial charge in [-0.3, -0.25) is 10.1 Å². The molecule has 7 nitrogen and oxygen atoms in total. The summed E-state index contributed by atoms with van der Waals surface area (Å²) in [6, 6.07) is 11.3. The lowest BCUT2D eigenvalue weighted by Crippen LogP contribution is -2.23. The summed E-state index contributed by atoms with van der Waals surface area (Å²) >= 11 is 3.40. The Morgan fingerprint density at radius 2 is 2.07 bits per heavy atom. The normalized spacial score (nSPS) is 16.5. The number of rotatable bonds is 5. The number of benzene rings is 2. The fourth-order valence-electron chi connectivity index (χ4n) is 3.41. The third kappa shape index (κ3) is 3.75. The second kappa shape index (κ2) is 7.67. The SMILES string of the molecule is O=[N+]([O-])c1ccc(N2CCC[C@H]2c2nc(Cc3ccc(Br)cc3)no2)c(F)c1. The van der Waals surface area contributed by atoms with Crippen LogP contribution in [0.4, 0.5) is 15.8 Å². The van der Waals surface area contributed by atoms with Crippen LogP contribution in [-0.4, -0.2) is 21.6 Å². The summed E-state index contributed by atoms with van der Waals surface area (Å²) < 4.78 is 20.9. The highest BCUT2D eigenvalue weighted by atomic mass is 79.9. The lowest BCUT2D eigenvalue weighted by Gasteiger charge is -2.24. The molecule has 28 heavy (non-hydrogen) atoms. The molecule has 0 bridgehead atoms. The third-order valence-electron chi connectivity index (χ3n) is 4.75. The van der Waals surface area contributed by atoms with E-state index in [2.05, 4.69) is 26.1 Å². The van der Waals surface area contributed by atoms with E-state index in [-0.39, 0.29) is 11.7 Å². The van der Waals surface area contributed by atoms with E-state index in [9.17, 15) is 14.5 Å². The lowest BCUT2D eigenvalue weighted by molar-refractivity contribution is -0.385. The first kappa shape index (κ1) is 18.5. The predicted molar refractivity (Wildman–Crippen MR) is 104 cm³/mol. The van der Waals surface area contributed by atoms with Crippen molar-refractivity contribution < 1.29 is 13.8 Å². The maximum atomic E-state index is 14.5. The summed E-state index contributed by atoms with van der Waals surface area (Å²) in [6.07, 6.45) is 2.12. The highest BCUT2D eigenvalue weighted by Gasteiger charge is 2.32. The van der Waals surface area contributed by atoms with Gasteiger partial charge in [0, 0.05) is 23.5 Å². The quantitative estimate of drug-likeness (QED) is 0.412. The van der Waals surface area contributed by atoms with Crippen molar-refractivity contribution in [3.63, 3.8) is 0 Å². The number of nitrogens with zero attached hydrogens (tertiary/aromatic N) is 4. The summed E-state index contributed by atoms with van der Waals surface area (Å²) in [6.45, 7) is 0.615. The summed E-state index contributed by atoms with van der Waals surface area (Å²) in [7, 11) is 0. The van der Waals surface area contributed by atoms with Crippen LogP contribution in [0.2, 0.25) is 0 Å². The van der Waals surface area contributed by atoms with Crippen LogP contribution in [0, 0.1) is 15.9 Å². The maximum Gasteiger partial charge on any atom is 0.272 e. The van der Waals surface area contributed by atoms with Gasteiger partial charge in [-0.2, -0.15) is 4.98 Å². The smallest absolute Gasteiger partial charge is 0.272 e. The van der Waals surface area contributed by atoms with Crippen LogP contribution in [0.1, 0.15) is 36.2 Å². The van der Waals surface area contributed by atoms with Gasteiger partial charge in [0.1, 0.15) is 6.04 Å². The van der Waals surface area contributed by atoms with Gasteiger partial charge in [-0.1, -0.05) is 33.2 Å². The predicted octanol–water partition coefficient (Wildman–Crippen LogP) is 4.81. The molecule has 1 atom stereocenters. The molecule has 9 heteroatoms. The Balaban J connectivity index is 1.55. The Labute approximate surface area is 168 Å². The van der Waals surface area contributed by atoms with Gasteiger partial charge in [-0.15, -0.1) is 0 Å². The standard InChI is InChI=1S/C19H16BrFN4O3/c20-13-5-3-12(4-6-13)10-18-22-19(28-23-18)17-2-1-9-24(17)16-8-7-14(25(26)27)11-15(16)21/h3-8,11,17H,1-2,9-10H2/t17-/m0/s1. The molecule has 1 fully saturated rings. The zero-order valence-corrected chi connectivity index (χ0v) is 16.3. The molecule has 0 N–H and O–H groups in total. The van der Waals surface area contributed by atoms with E-state index >= 15 is 0 Å². The molecule has 0 aliphatic carbocycles. The molecular formula is C19H16BrFN4O3. The van der Waals surface area contributed by atoms with Crippen molar-refractivity contribution in [3.05, 3.63) is 80.1 Å². The third-order valence-corrected chi connectivity index (χ3v) is 5.28. The number of hydrogen-bond acceptors (Lipinski definition) is 6. The van der Waals surface area contributed by atoms with Crippen LogP contribution in [-0.2, 0) is 6.42 Å². The average Bonchev–Trinajstić information content (AvgIpc) is 3.32. The van der Waals surface area contributed by atoms with E-state index in [0.29, 0.717) is 30.4 Å². The molecular weight excluding hydrogens is 431 g/mol. The largest absolute Gasteiger partial charge is 0.357 e. The zero-order valence-electron chi connectivity index (χ0n) is 14.7. The van der Waals surface area contributed by atoms with Crippen LogP contribution in [0.25, 0.3) is 0 Å². The van der Waals surface area contributed by atoms with Gasteiger partial charge in [0.05, 0.1) is 16.7 Å². The first-order valence-corrected chi connectivity index (χ1v) is 9.58. The highest BCUT2D eigenvalue weighted by molar-refractivity contribution is 9.10. The van der Waals surface area contributed by atoms with Gasteiger partial charge in [-0.25, -0.2) is 4.39 Å². The number of nitro groups is 1. The molecule has 1 aliphatic heterocycles. The van der Waals surface area contributed by atoms with Crippen molar-refractivity contribution in [2.24, 2.45) is 0 Å². The Morgan fingerprint density at radius 3 is 2.79 bits per heavy atom. The van der Waals surface area contributed by atoms with Crippen molar-refractivity contribution in [1.29, 1.82) is 0 Å². The van der Waals surface area contributed by atoms with E-state index in [0.717, 1.165) is 28.9 Å². The van der Waals surface area contributed by atoms with E-state index in [1.54, 1.807) is 0 Å². The fourth-order valence-corrected chi connectivity index (χ4v) is 3.68. The number of aromatic nitrogens is 2. The van der Waals surface area contributed by atoms with Gasteiger partial charge in [0.15, 0.2) is 11.6 Å². The maximum absolute atomic E-state index is 14.5. The van der Waals surface area contributed by atoms with Crippen molar-refractivity contribution >= 4 is 27.3 Å². The van der Waals surface area contributed by atoms with E-state index in [4.69, 9.17) is 4.52 Å². The van der Waals surface area contributed by atoms with Crippen LogP contribution >= 0.6 is 15.9 Å². The summed E-state index contributed by atoms with van der Waals surface area (Å²) in [5.41, 5.74) is 1.09. The Kier molecular flexibility index (Phi) is 5.08. The van der Waals surface area contributed by atoms with Gasteiger partial charge in [0.2, 0.25) is 5.89 Å². The molecule has 0 amide bonds. The minimum Gasteiger partial charge on any atom is -0.357 e. The molecule has 2 aromatic carbocycles. The van der Waals surface area contributed by atoms with Crippen molar-refractivity contribution in [2.45, 2.75) is 25.3 Å². The second-order valence-corrected chi connectivity index (χ2v) is 7.51. The molecule has 0 saturated carbocycles. The molecule has 144 valence electrons. The number of nitro benzene ring substituents is 1. The topological polar surface area (TPSA) is 85.3 Å². The second-order valence-electron chi connectivity index (χ2n) is 6.60. The number of anilines is 1. The average molecular weight is 447 g/mol. The summed E-state index contributed by atoms with van der Waals surface area (Å²) in [5, 5.41) is 14.9. The molecule has 1 saturated heterocycles. The van der Waals surface area contributed by atoms with Gasteiger partial charge in [0.25, 0.3) is 5.69 Å². The van der Waals surface area contributed by atoms with E-state index in [1.807, 2.05) is 29.2 Å². The van der Waals surface area contributed by atoms with E-state index in [1.165, 1.54) is 12.1 Å². The highest BCUT2D eigenvalue weighted by Crippen LogP contribution is 2.37. The summed E-state index contributed by atoms with van der Waals surface area (Å²) in [4.78, 5) is 16.6. The van der Waals surface area contributed by atoms with Crippen LogP contribution in [0.5, 0.6) is 0 Å². The molecule has 0 radical (unpaired) electrons. The van der Waals surface area contributed by atoms with Crippen LogP contribution < -0.4 is 4.90 Å². The molecule has 4 rings (SSSR count). The molecule has 3 aromatic rings. The Hall–Kier alpha value is -2.81. The zero-order chi connectivity index (χ0) is 19.7. The van der Waals surface area contributed by atoms with Crippen molar-refractivity contribution in [1.82, 2.24) is 10.1 Å². The first-order valence-electron chi connectivity index (χ1n) is 8.79. The number of non-ortho nitro benzene ring substituents is 1. The monoisotopic (exact) mass is 446 g/mol. The van der Waals surface area contributed by atoms with Crippen molar-refractivity contribution in [2.75, 3.05) is 11.4 Å². The fraction of sp³-hybridized carbons (Fsp3) is 0.263. The minimum atomic E-state index is -0.629. The van der Waals surface area contributed by atoms with Crippen molar-refractivity contribution in [3.8, 4) is 0 Å². The minimum absolute atomic E-state index is 0.248. The van der Waals surface area contributed by atoms with Crippen LogP contribution in [0.3, 0.4) is 0 Å².